The van der Waals surface area contributed by atoms with Crippen LogP contribution in [0.4, 0.5) is 0 Å². The molecule has 0 aromatic heterocycles. The molecule has 2 atom stereocenters. The second-order valence-electron chi connectivity index (χ2n) is 8.17. The van der Waals surface area contributed by atoms with Crippen LogP contribution in [0.1, 0.15) is 34.0 Å². The first-order valence-electron chi connectivity index (χ1n) is 10.5. The van der Waals surface area contributed by atoms with Crippen LogP contribution >= 0.6 is 15.9 Å². The molecular formula is C27H24BrNO3. The first kappa shape index (κ1) is 22.2. The summed E-state index contributed by atoms with van der Waals surface area (Å²) >= 11 is 3.51. The normalized spacial score (nSPS) is 19.8. The summed E-state index contributed by atoms with van der Waals surface area (Å²) in [5.74, 6) is -0.952. The summed E-state index contributed by atoms with van der Waals surface area (Å²) in [6.45, 7) is 5.59. The van der Waals surface area contributed by atoms with Crippen molar-refractivity contribution in [2.24, 2.45) is 10.9 Å². The first-order chi connectivity index (χ1) is 15.3. The molecule has 0 N–H and O–H groups in total. The van der Waals surface area contributed by atoms with E-state index in [1.807, 2.05) is 75.4 Å². The van der Waals surface area contributed by atoms with Crippen molar-refractivity contribution in [3.63, 3.8) is 0 Å². The van der Waals surface area contributed by atoms with Crippen molar-refractivity contribution >= 4 is 33.4 Å². The molecule has 1 aliphatic heterocycles. The van der Waals surface area contributed by atoms with Crippen LogP contribution in [0.15, 0.2) is 87.4 Å². The second kappa shape index (κ2) is 9.21. The molecule has 0 radical (unpaired) electrons. The standard InChI is InChI=1S/C27H24BrNO3/c1-16-4-8-19(9-5-16)24(30)15-32-27(31)25-18(3)26(20-10-6-17(2)7-11-20)29-23-13-12-21(28)14-22(23)25/h4-14,22-23H,15H2,1-3H3. The van der Waals surface area contributed by atoms with Crippen LogP contribution in [0, 0.1) is 19.8 Å². The van der Waals surface area contributed by atoms with Gasteiger partial charge in [-0.15, -0.1) is 0 Å². The number of rotatable bonds is 5. The van der Waals surface area contributed by atoms with E-state index in [2.05, 4.69) is 15.9 Å². The number of hydrogen-bond donors (Lipinski definition) is 0. The molecule has 4 nitrogen and oxygen atoms in total. The lowest BCUT2D eigenvalue weighted by Gasteiger charge is -2.31. The Labute approximate surface area is 196 Å². The van der Waals surface area contributed by atoms with Crippen LogP contribution in [0.5, 0.6) is 0 Å². The first-order valence-corrected chi connectivity index (χ1v) is 11.3. The van der Waals surface area contributed by atoms with E-state index in [9.17, 15) is 9.59 Å². The van der Waals surface area contributed by atoms with Crippen LogP contribution < -0.4 is 0 Å². The lowest BCUT2D eigenvalue weighted by atomic mass is 9.80. The third-order valence-electron chi connectivity index (χ3n) is 5.78. The highest BCUT2D eigenvalue weighted by Crippen LogP contribution is 2.36. The summed E-state index contributed by atoms with van der Waals surface area (Å²) in [4.78, 5) is 30.7. The lowest BCUT2D eigenvalue weighted by Crippen LogP contribution is -2.33. The third kappa shape index (κ3) is 4.58. The molecule has 2 unspecified atom stereocenters. The smallest absolute Gasteiger partial charge is 0.335 e. The third-order valence-corrected chi connectivity index (χ3v) is 6.31. The molecular weight excluding hydrogens is 466 g/mol. The van der Waals surface area contributed by atoms with E-state index >= 15 is 0 Å². The van der Waals surface area contributed by atoms with Gasteiger partial charge >= 0.3 is 5.97 Å². The second-order valence-corrected chi connectivity index (χ2v) is 9.09. The van der Waals surface area contributed by atoms with Crippen molar-refractivity contribution in [3.8, 4) is 0 Å². The van der Waals surface area contributed by atoms with E-state index in [-0.39, 0.29) is 24.3 Å². The van der Waals surface area contributed by atoms with E-state index < -0.39 is 5.97 Å². The van der Waals surface area contributed by atoms with Crippen molar-refractivity contribution < 1.29 is 14.3 Å². The molecule has 0 saturated heterocycles. The topological polar surface area (TPSA) is 55.7 Å². The quantitative estimate of drug-likeness (QED) is 0.400. The predicted octanol–water partition coefficient (Wildman–Crippen LogP) is 5.68. The van der Waals surface area contributed by atoms with Crippen molar-refractivity contribution in [1.29, 1.82) is 0 Å². The van der Waals surface area contributed by atoms with Crippen LogP contribution in [-0.2, 0) is 9.53 Å². The van der Waals surface area contributed by atoms with Gasteiger partial charge in [-0.2, -0.15) is 0 Å². The number of allylic oxidation sites excluding steroid dienone is 3. The highest BCUT2D eigenvalue weighted by Gasteiger charge is 2.36. The van der Waals surface area contributed by atoms with Gasteiger partial charge in [0, 0.05) is 16.0 Å². The van der Waals surface area contributed by atoms with Crippen LogP contribution in [0.2, 0.25) is 0 Å². The Hall–Kier alpha value is -3.05. The fraction of sp³-hybridized carbons (Fsp3) is 0.222. The van der Waals surface area contributed by atoms with Gasteiger partial charge in [-0.25, -0.2) is 4.79 Å². The average Bonchev–Trinajstić information content (AvgIpc) is 2.78. The molecule has 1 heterocycles. The monoisotopic (exact) mass is 489 g/mol. The maximum atomic E-state index is 13.2. The van der Waals surface area contributed by atoms with Gasteiger partial charge in [0.2, 0.25) is 0 Å². The van der Waals surface area contributed by atoms with Crippen LogP contribution in [-0.4, -0.2) is 30.1 Å². The molecule has 0 bridgehead atoms. The number of carbonyl (C=O) groups is 2. The predicted molar refractivity (Wildman–Crippen MR) is 130 cm³/mol. The van der Waals surface area contributed by atoms with Crippen LogP contribution in [0.3, 0.4) is 0 Å². The number of fused-ring (bicyclic) bond motifs is 1. The Kier molecular flexibility index (Phi) is 6.38. The highest BCUT2D eigenvalue weighted by molar-refractivity contribution is 9.11. The van der Waals surface area contributed by atoms with E-state index in [1.165, 1.54) is 0 Å². The van der Waals surface area contributed by atoms with Crippen molar-refractivity contribution in [1.82, 2.24) is 0 Å². The maximum absolute atomic E-state index is 13.2. The van der Waals surface area contributed by atoms with Crippen molar-refractivity contribution in [3.05, 3.63) is 105 Å². The Bertz CT molecular complexity index is 1180. The molecule has 0 fully saturated rings. The minimum absolute atomic E-state index is 0.202. The number of halogens is 1. The number of ketones is 1. The largest absolute Gasteiger partial charge is 0.454 e. The molecule has 5 heteroatoms. The van der Waals surface area contributed by atoms with E-state index in [0.717, 1.165) is 32.5 Å². The number of Topliss-reactive ketones (excluding diaryl/α,β-unsaturated/α-hetero) is 1. The summed E-state index contributed by atoms with van der Waals surface area (Å²) in [5, 5.41) is 0. The van der Waals surface area contributed by atoms with Crippen molar-refractivity contribution in [2.45, 2.75) is 26.8 Å². The Morgan fingerprint density at radius 3 is 2.25 bits per heavy atom. The zero-order chi connectivity index (χ0) is 22.8. The summed E-state index contributed by atoms with van der Waals surface area (Å²) in [5.41, 5.74) is 5.80. The number of hydrogen-bond acceptors (Lipinski definition) is 4. The van der Waals surface area contributed by atoms with Gasteiger partial charge in [0.1, 0.15) is 0 Å². The van der Waals surface area contributed by atoms with Gasteiger partial charge in [0.05, 0.1) is 17.3 Å². The summed E-state index contributed by atoms with van der Waals surface area (Å²) in [7, 11) is 0. The lowest BCUT2D eigenvalue weighted by molar-refractivity contribution is -0.138. The molecule has 32 heavy (non-hydrogen) atoms. The molecule has 4 rings (SSSR count). The fourth-order valence-electron chi connectivity index (χ4n) is 3.96. The van der Waals surface area contributed by atoms with E-state index in [1.54, 1.807) is 12.1 Å². The Morgan fingerprint density at radius 2 is 1.59 bits per heavy atom. The summed E-state index contributed by atoms with van der Waals surface area (Å²) in [6.07, 6.45) is 5.91. The van der Waals surface area contributed by atoms with Crippen LogP contribution in [0.25, 0.3) is 0 Å². The van der Waals surface area contributed by atoms with Gasteiger partial charge < -0.3 is 4.74 Å². The number of nitrogens with zero attached hydrogens (tertiary/aromatic N) is 1. The molecule has 2 aliphatic rings. The van der Waals surface area contributed by atoms with Gasteiger partial charge in [0.25, 0.3) is 0 Å². The zero-order valence-corrected chi connectivity index (χ0v) is 19.8. The number of aliphatic imine (C=N–C) groups is 1. The Morgan fingerprint density at radius 1 is 0.969 bits per heavy atom. The molecule has 0 saturated carbocycles. The average molecular weight is 490 g/mol. The van der Waals surface area contributed by atoms with Gasteiger partial charge in [0.15, 0.2) is 12.4 Å². The fourth-order valence-corrected chi connectivity index (χ4v) is 4.40. The summed E-state index contributed by atoms with van der Waals surface area (Å²) < 4.78 is 6.41. The Balaban J connectivity index is 1.63. The summed E-state index contributed by atoms with van der Waals surface area (Å²) in [6, 6.07) is 15.1. The number of esters is 1. The number of aryl methyl sites for hydroxylation is 2. The molecule has 162 valence electrons. The SMILES string of the molecule is CC1=C(C(=O)OCC(=O)c2ccc(C)cc2)C2C=C(Br)C=CC2N=C1c1ccc(C)cc1. The molecule has 0 amide bonds. The number of carbonyl (C=O) groups excluding carboxylic acids is 2. The number of dihydropyridines is 1. The maximum Gasteiger partial charge on any atom is 0.335 e. The number of benzene rings is 2. The molecule has 2 aromatic carbocycles. The molecule has 1 aliphatic carbocycles. The van der Waals surface area contributed by atoms with Gasteiger partial charge in [-0.05, 0) is 31.9 Å². The van der Waals surface area contributed by atoms with E-state index in [4.69, 9.17) is 9.73 Å². The molecule has 0 spiro atoms. The van der Waals surface area contributed by atoms with Gasteiger partial charge in [-0.1, -0.05) is 93.8 Å². The van der Waals surface area contributed by atoms with E-state index in [0.29, 0.717) is 11.1 Å². The number of ether oxygens (including phenoxy) is 1. The minimum atomic E-state index is -0.482. The zero-order valence-electron chi connectivity index (χ0n) is 18.3. The van der Waals surface area contributed by atoms with Crippen molar-refractivity contribution in [2.75, 3.05) is 6.61 Å². The van der Waals surface area contributed by atoms with Gasteiger partial charge in [-0.3, -0.25) is 9.79 Å². The molecule has 2 aromatic rings. The minimum Gasteiger partial charge on any atom is -0.454 e. The highest BCUT2D eigenvalue weighted by atomic mass is 79.9.